The lowest BCUT2D eigenvalue weighted by Gasteiger charge is -2.18. The first-order chi connectivity index (χ1) is 7.58. The molecule has 1 N–H and O–H groups in total. The SMILES string of the molecule is CC1SCCC1Nc1c(F)cc(Br)cc1F. The van der Waals surface area contributed by atoms with E-state index in [0.717, 1.165) is 12.2 Å². The molecule has 2 rings (SSSR count). The molecule has 0 aromatic heterocycles. The van der Waals surface area contributed by atoms with Gasteiger partial charge >= 0.3 is 0 Å². The predicted molar refractivity (Wildman–Crippen MR) is 68.0 cm³/mol. The van der Waals surface area contributed by atoms with Crippen molar-refractivity contribution in [2.45, 2.75) is 24.6 Å². The van der Waals surface area contributed by atoms with Crippen molar-refractivity contribution in [3.05, 3.63) is 28.2 Å². The van der Waals surface area contributed by atoms with Crippen molar-refractivity contribution in [1.82, 2.24) is 0 Å². The smallest absolute Gasteiger partial charge is 0.150 e. The van der Waals surface area contributed by atoms with Crippen LogP contribution in [-0.2, 0) is 0 Å². The van der Waals surface area contributed by atoms with Crippen molar-refractivity contribution in [3.63, 3.8) is 0 Å². The van der Waals surface area contributed by atoms with Crippen LogP contribution in [-0.4, -0.2) is 17.0 Å². The third kappa shape index (κ3) is 2.51. The molecule has 0 spiro atoms. The molecule has 1 aliphatic heterocycles. The molecule has 0 amide bonds. The van der Waals surface area contributed by atoms with Crippen LogP contribution in [0, 0.1) is 11.6 Å². The Morgan fingerprint density at radius 3 is 2.50 bits per heavy atom. The Morgan fingerprint density at radius 1 is 1.38 bits per heavy atom. The summed E-state index contributed by atoms with van der Waals surface area (Å²) in [6.07, 6.45) is 0.945. The monoisotopic (exact) mass is 307 g/mol. The zero-order chi connectivity index (χ0) is 11.7. The van der Waals surface area contributed by atoms with Crippen LogP contribution in [0.15, 0.2) is 16.6 Å². The number of hydrogen-bond acceptors (Lipinski definition) is 2. The maximum absolute atomic E-state index is 13.6. The van der Waals surface area contributed by atoms with Gasteiger partial charge in [0, 0.05) is 15.8 Å². The summed E-state index contributed by atoms with van der Waals surface area (Å²) in [5.74, 6) is -0.0505. The summed E-state index contributed by atoms with van der Waals surface area (Å²) in [6.45, 7) is 2.07. The molecular formula is C11H12BrF2NS. The molecule has 1 aliphatic rings. The summed E-state index contributed by atoms with van der Waals surface area (Å²) in [4.78, 5) is 0. The molecule has 1 saturated heterocycles. The van der Waals surface area contributed by atoms with Gasteiger partial charge in [-0.25, -0.2) is 8.78 Å². The van der Waals surface area contributed by atoms with Gasteiger partial charge in [-0.15, -0.1) is 0 Å². The Bertz CT molecular complexity index is 377. The topological polar surface area (TPSA) is 12.0 Å². The number of rotatable bonds is 2. The fourth-order valence-electron chi connectivity index (χ4n) is 1.79. The van der Waals surface area contributed by atoms with E-state index >= 15 is 0 Å². The van der Waals surface area contributed by atoms with E-state index in [1.54, 1.807) is 0 Å². The molecule has 1 nitrogen and oxygen atoms in total. The number of thioether (sulfide) groups is 1. The van der Waals surface area contributed by atoms with Gasteiger partial charge < -0.3 is 5.32 Å². The predicted octanol–water partition coefficient (Wildman–Crippen LogP) is 4.03. The van der Waals surface area contributed by atoms with E-state index in [2.05, 4.69) is 28.2 Å². The number of nitrogens with one attached hydrogen (secondary N) is 1. The molecule has 88 valence electrons. The maximum Gasteiger partial charge on any atom is 0.150 e. The molecule has 16 heavy (non-hydrogen) atoms. The van der Waals surface area contributed by atoms with Gasteiger partial charge in [-0.2, -0.15) is 11.8 Å². The van der Waals surface area contributed by atoms with Crippen molar-refractivity contribution in [3.8, 4) is 0 Å². The summed E-state index contributed by atoms with van der Waals surface area (Å²) in [5.41, 5.74) is -0.0115. The molecule has 0 bridgehead atoms. The Hall–Kier alpha value is -0.290. The van der Waals surface area contributed by atoms with E-state index in [-0.39, 0.29) is 11.7 Å². The van der Waals surface area contributed by atoms with E-state index in [1.807, 2.05) is 11.8 Å². The number of benzene rings is 1. The lowest BCUT2D eigenvalue weighted by molar-refractivity contribution is 0.578. The van der Waals surface area contributed by atoms with E-state index in [9.17, 15) is 8.78 Å². The number of hydrogen-bond donors (Lipinski definition) is 1. The highest BCUT2D eigenvalue weighted by molar-refractivity contribution is 9.10. The minimum Gasteiger partial charge on any atom is -0.376 e. The molecule has 0 radical (unpaired) electrons. The lowest BCUT2D eigenvalue weighted by atomic mass is 10.1. The second kappa shape index (κ2) is 4.92. The fourth-order valence-corrected chi connectivity index (χ4v) is 3.39. The average Bonchev–Trinajstić information content (AvgIpc) is 2.57. The Morgan fingerprint density at radius 2 is 2.00 bits per heavy atom. The first-order valence-corrected chi connectivity index (χ1v) is 6.95. The van der Waals surface area contributed by atoms with Gasteiger partial charge in [0.2, 0.25) is 0 Å². The van der Waals surface area contributed by atoms with Gasteiger partial charge in [0.25, 0.3) is 0 Å². The van der Waals surface area contributed by atoms with E-state index in [4.69, 9.17) is 0 Å². The van der Waals surface area contributed by atoms with Crippen LogP contribution in [0.3, 0.4) is 0 Å². The largest absolute Gasteiger partial charge is 0.376 e. The summed E-state index contributed by atoms with van der Waals surface area (Å²) < 4.78 is 27.5. The second-order valence-electron chi connectivity index (χ2n) is 3.86. The Labute approximate surface area is 106 Å². The van der Waals surface area contributed by atoms with Crippen molar-refractivity contribution in [2.24, 2.45) is 0 Å². The third-order valence-electron chi connectivity index (χ3n) is 2.71. The van der Waals surface area contributed by atoms with Crippen molar-refractivity contribution >= 4 is 33.4 Å². The van der Waals surface area contributed by atoms with Gasteiger partial charge in [0.15, 0.2) is 0 Å². The Kier molecular flexibility index (Phi) is 3.74. The van der Waals surface area contributed by atoms with Gasteiger partial charge in [0.1, 0.15) is 17.3 Å². The van der Waals surface area contributed by atoms with Crippen LogP contribution in [0.5, 0.6) is 0 Å². The summed E-state index contributed by atoms with van der Waals surface area (Å²) >= 11 is 4.88. The lowest BCUT2D eigenvalue weighted by Crippen LogP contribution is -2.25. The molecule has 1 heterocycles. The van der Waals surface area contributed by atoms with E-state index in [0.29, 0.717) is 9.72 Å². The molecule has 0 saturated carbocycles. The Balaban J connectivity index is 2.21. The molecular weight excluding hydrogens is 296 g/mol. The average molecular weight is 308 g/mol. The fraction of sp³-hybridized carbons (Fsp3) is 0.455. The van der Waals surface area contributed by atoms with Crippen molar-refractivity contribution in [1.29, 1.82) is 0 Å². The highest BCUT2D eigenvalue weighted by Crippen LogP contribution is 2.31. The summed E-state index contributed by atoms with van der Waals surface area (Å²) in [6, 6.07) is 2.70. The minimum atomic E-state index is -0.545. The summed E-state index contributed by atoms with van der Waals surface area (Å²) in [5, 5.41) is 3.35. The second-order valence-corrected chi connectivity index (χ2v) is 6.26. The molecule has 1 aromatic rings. The van der Waals surface area contributed by atoms with Crippen molar-refractivity contribution in [2.75, 3.05) is 11.1 Å². The molecule has 1 fully saturated rings. The zero-order valence-electron chi connectivity index (χ0n) is 8.77. The van der Waals surface area contributed by atoms with Crippen LogP contribution in [0.25, 0.3) is 0 Å². The molecule has 2 unspecified atom stereocenters. The van der Waals surface area contributed by atoms with Crippen LogP contribution in [0.4, 0.5) is 14.5 Å². The molecule has 0 aliphatic carbocycles. The number of halogens is 3. The highest BCUT2D eigenvalue weighted by atomic mass is 79.9. The highest BCUT2D eigenvalue weighted by Gasteiger charge is 2.25. The first kappa shape index (κ1) is 12.2. The molecule has 2 atom stereocenters. The van der Waals surface area contributed by atoms with Gasteiger partial charge in [-0.05, 0) is 24.3 Å². The van der Waals surface area contributed by atoms with E-state index < -0.39 is 11.6 Å². The van der Waals surface area contributed by atoms with Gasteiger partial charge in [-0.1, -0.05) is 22.9 Å². The van der Waals surface area contributed by atoms with Gasteiger partial charge in [-0.3, -0.25) is 0 Å². The summed E-state index contributed by atoms with van der Waals surface area (Å²) in [7, 11) is 0. The van der Waals surface area contributed by atoms with Crippen LogP contribution < -0.4 is 5.32 Å². The van der Waals surface area contributed by atoms with Crippen molar-refractivity contribution < 1.29 is 8.78 Å². The standard InChI is InChI=1S/C11H12BrF2NS/c1-6-10(2-3-16-6)15-11-8(13)4-7(12)5-9(11)14/h4-6,10,15H,2-3H2,1H3. The quantitative estimate of drug-likeness (QED) is 0.885. The maximum atomic E-state index is 13.6. The normalized spacial score (nSPS) is 24.8. The van der Waals surface area contributed by atoms with Crippen LogP contribution in [0.1, 0.15) is 13.3 Å². The van der Waals surface area contributed by atoms with Crippen LogP contribution >= 0.6 is 27.7 Å². The van der Waals surface area contributed by atoms with Crippen LogP contribution in [0.2, 0.25) is 0 Å². The number of anilines is 1. The van der Waals surface area contributed by atoms with E-state index in [1.165, 1.54) is 12.1 Å². The first-order valence-electron chi connectivity index (χ1n) is 5.10. The third-order valence-corrected chi connectivity index (χ3v) is 4.50. The zero-order valence-corrected chi connectivity index (χ0v) is 11.2. The minimum absolute atomic E-state index is 0.0115. The van der Waals surface area contributed by atoms with Gasteiger partial charge in [0.05, 0.1) is 0 Å². The molecule has 1 aromatic carbocycles. The molecule has 5 heteroatoms.